The Labute approximate surface area is 190 Å². The summed E-state index contributed by atoms with van der Waals surface area (Å²) in [5.41, 5.74) is 4.44. The molecule has 33 heavy (non-hydrogen) atoms. The van der Waals surface area contributed by atoms with E-state index in [9.17, 15) is 14.4 Å². The van der Waals surface area contributed by atoms with E-state index in [0.717, 1.165) is 16.3 Å². The van der Waals surface area contributed by atoms with E-state index in [2.05, 4.69) is 15.8 Å². The predicted molar refractivity (Wildman–Crippen MR) is 129 cm³/mol. The second kappa shape index (κ2) is 8.96. The van der Waals surface area contributed by atoms with Crippen LogP contribution in [0.2, 0.25) is 0 Å². The van der Waals surface area contributed by atoms with Gasteiger partial charge in [-0.1, -0.05) is 60.7 Å². The van der Waals surface area contributed by atoms with Crippen molar-refractivity contribution >= 4 is 34.0 Å². The Morgan fingerprint density at radius 3 is 2.30 bits per heavy atom. The van der Waals surface area contributed by atoms with E-state index in [1.165, 1.54) is 4.68 Å². The molecule has 3 aromatic carbocycles. The number of para-hydroxylation sites is 1. The molecule has 166 valence electrons. The molecule has 1 heterocycles. The standard InChI is InChI=1S/C25H23N5O3/c1-16(20-15-9-11-18-10-7-8-14-21(18)20)27-28-24(32)23(31)26-22-17(2)29(3)30(25(22)33)19-12-5-4-6-13-19/h4-15H,1-3H3,(H,26,31)(H,28,32)/b27-16+. The van der Waals surface area contributed by atoms with E-state index < -0.39 is 17.4 Å². The highest BCUT2D eigenvalue weighted by Crippen LogP contribution is 2.19. The highest BCUT2D eigenvalue weighted by Gasteiger charge is 2.21. The molecule has 0 saturated heterocycles. The van der Waals surface area contributed by atoms with Crippen LogP contribution in [0.3, 0.4) is 0 Å². The van der Waals surface area contributed by atoms with Crippen LogP contribution in [0.5, 0.6) is 0 Å². The van der Waals surface area contributed by atoms with Crippen molar-refractivity contribution in [1.82, 2.24) is 14.8 Å². The fourth-order valence-electron chi connectivity index (χ4n) is 3.67. The van der Waals surface area contributed by atoms with Crippen LogP contribution >= 0.6 is 0 Å². The van der Waals surface area contributed by atoms with Gasteiger partial charge in [0, 0.05) is 12.6 Å². The molecule has 0 radical (unpaired) electrons. The van der Waals surface area contributed by atoms with Crippen molar-refractivity contribution in [2.75, 3.05) is 5.32 Å². The Bertz CT molecular complexity index is 1440. The summed E-state index contributed by atoms with van der Waals surface area (Å²) in [7, 11) is 1.71. The summed E-state index contributed by atoms with van der Waals surface area (Å²) in [5.74, 6) is -1.95. The summed E-state index contributed by atoms with van der Waals surface area (Å²) in [6.45, 7) is 3.44. The van der Waals surface area contributed by atoms with Gasteiger partial charge < -0.3 is 5.32 Å². The first kappa shape index (κ1) is 21.8. The fraction of sp³-hybridized carbons (Fsp3) is 0.120. The molecule has 0 atom stereocenters. The lowest BCUT2D eigenvalue weighted by Crippen LogP contribution is -2.34. The van der Waals surface area contributed by atoms with Gasteiger partial charge in [0.1, 0.15) is 5.69 Å². The van der Waals surface area contributed by atoms with Gasteiger partial charge in [0.25, 0.3) is 5.56 Å². The molecular weight excluding hydrogens is 418 g/mol. The van der Waals surface area contributed by atoms with Crippen molar-refractivity contribution in [2.45, 2.75) is 13.8 Å². The number of hydrogen-bond donors (Lipinski definition) is 2. The number of carbonyl (C=O) groups is 2. The van der Waals surface area contributed by atoms with Gasteiger partial charge in [-0.3, -0.25) is 19.1 Å². The Kier molecular flexibility index (Phi) is 5.91. The fourth-order valence-corrected chi connectivity index (χ4v) is 3.67. The van der Waals surface area contributed by atoms with Crippen molar-refractivity contribution in [2.24, 2.45) is 12.1 Å². The number of benzene rings is 3. The maximum atomic E-state index is 12.9. The molecule has 1 aromatic heterocycles. The van der Waals surface area contributed by atoms with Crippen LogP contribution in [-0.4, -0.2) is 26.9 Å². The number of hydrazone groups is 1. The lowest BCUT2D eigenvalue weighted by atomic mass is 10.0. The zero-order chi connectivity index (χ0) is 23.5. The van der Waals surface area contributed by atoms with Gasteiger partial charge in [-0.15, -0.1) is 0 Å². The molecule has 0 bridgehead atoms. The van der Waals surface area contributed by atoms with Gasteiger partial charge in [-0.25, -0.2) is 10.1 Å². The van der Waals surface area contributed by atoms with E-state index in [0.29, 0.717) is 17.1 Å². The number of amides is 2. The topological polar surface area (TPSA) is 97.5 Å². The largest absolute Gasteiger partial charge is 0.329 e. The molecule has 8 heteroatoms. The van der Waals surface area contributed by atoms with E-state index in [1.807, 2.05) is 60.7 Å². The molecule has 4 aromatic rings. The number of fused-ring (bicyclic) bond motifs is 1. The van der Waals surface area contributed by atoms with Gasteiger partial charge in [0.05, 0.1) is 17.1 Å². The van der Waals surface area contributed by atoms with Gasteiger partial charge in [-0.05, 0) is 36.8 Å². The highest BCUT2D eigenvalue weighted by atomic mass is 16.2. The third kappa shape index (κ3) is 4.18. The van der Waals surface area contributed by atoms with Gasteiger partial charge in [0.2, 0.25) is 0 Å². The van der Waals surface area contributed by atoms with Crippen LogP contribution in [-0.2, 0) is 16.6 Å². The first-order valence-electron chi connectivity index (χ1n) is 10.4. The molecule has 0 unspecified atom stereocenters. The lowest BCUT2D eigenvalue weighted by molar-refractivity contribution is -0.136. The van der Waals surface area contributed by atoms with Crippen LogP contribution in [0.25, 0.3) is 16.5 Å². The Morgan fingerprint density at radius 1 is 0.879 bits per heavy atom. The summed E-state index contributed by atoms with van der Waals surface area (Å²) in [6, 6.07) is 22.6. The van der Waals surface area contributed by atoms with Crippen LogP contribution in [0, 0.1) is 6.92 Å². The minimum absolute atomic E-state index is 0.0382. The van der Waals surface area contributed by atoms with E-state index in [1.54, 1.807) is 37.7 Å². The van der Waals surface area contributed by atoms with Crippen LogP contribution in [0.15, 0.2) is 82.7 Å². The smallest absolute Gasteiger partial charge is 0.311 e. The number of nitrogens with one attached hydrogen (secondary N) is 2. The second-order valence-electron chi connectivity index (χ2n) is 7.56. The van der Waals surface area contributed by atoms with Crippen molar-refractivity contribution in [3.05, 3.63) is 94.4 Å². The van der Waals surface area contributed by atoms with E-state index >= 15 is 0 Å². The first-order chi connectivity index (χ1) is 15.9. The summed E-state index contributed by atoms with van der Waals surface area (Å²) >= 11 is 0. The summed E-state index contributed by atoms with van der Waals surface area (Å²) < 4.78 is 3.04. The van der Waals surface area contributed by atoms with Crippen molar-refractivity contribution in [3.8, 4) is 5.69 Å². The number of carbonyl (C=O) groups excluding carboxylic acids is 2. The second-order valence-corrected chi connectivity index (χ2v) is 7.56. The Hall–Kier alpha value is -4.46. The minimum Gasteiger partial charge on any atom is -0.311 e. The van der Waals surface area contributed by atoms with Crippen LogP contribution < -0.4 is 16.3 Å². The maximum absolute atomic E-state index is 12.9. The maximum Gasteiger partial charge on any atom is 0.329 e. The normalized spacial score (nSPS) is 11.4. The molecule has 0 aliphatic heterocycles. The third-order valence-corrected chi connectivity index (χ3v) is 5.50. The van der Waals surface area contributed by atoms with E-state index in [-0.39, 0.29) is 5.69 Å². The first-order valence-corrected chi connectivity index (χ1v) is 10.4. The SMILES string of the molecule is C/C(=N\NC(=O)C(=O)Nc1c(C)n(C)n(-c2ccccc2)c1=O)c1cccc2ccccc12. The third-order valence-electron chi connectivity index (χ3n) is 5.50. The number of nitrogens with zero attached hydrogens (tertiary/aromatic N) is 3. The molecule has 4 rings (SSSR count). The molecular formula is C25H23N5O3. The lowest BCUT2D eigenvalue weighted by Gasteiger charge is -2.07. The van der Waals surface area contributed by atoms with Crippen LogP contribution in [0.4, 0.5) is 5.69 Å². The average Bonchev–Trinajstić information content (AvgIpc) is 3.05. The van der Waals surface area contributed by atoms with Gasteiger partial charge in [-0.2, -0.15) is 5.10 Å². The minimum atomic E-state index is -0.976. The van der Waals surface area contributed by atoms with Gasteiger partial charge >= 0.3 is 11.8 Å². The summed E-state index contributed by atoms with van der Waals surface area (Å²) in [5, 5.41) is 8.55. The predicted octanol–water partition coefficient (Wildman–Crippen LogP) is 3.12. The number of aromatic nitrogens is 2. The van der Waals surface area contributed by atoms with Crippen molar-refractivity contribution < 1.29 is 9.59 Å². The molecule has 0 aliphatic rings. The van der Waals surface area contributed by atoms with Crippen molar-refractivity contribution in [1.29, 1.82) is 0 Å². The summed E-state index contributed by atoms with van der Waals surface area (Å²) in [6.07, 6.45) is 0. The zero-order valence-electron chi connectivity index (χ0n) is 18.5. The number of rotatable bonds is 4. The molecule has 0 fully saturated rings. The quantitative estimate of drug-likeness (QED) is 0.289. The van der Waals surface area contributed by atoms with E-state index in [4.69, 9.17) is 0 Å². The highest BCUT2D eigenvalue weighted by molar-refractivity contribution is 6.39. The number of anilines is 1. The molecule has 0 spiro atoms. The summed E-state index contributed by atoms with van der Waals surface area (Å²) in [4.78, 5) is 37.8. The number of hydrogen-bond acceptors (Lipinski definition) is 4. The molecule has 8 nitrogen and oxygen atoms in total. The van der Waals surface area contributed by atoms with Crippen LogP contribution in [0.1, 0.15) is 18.2 Å². The zero-order valence-corrected chi connectivity index (χ0v) is 18.5. The monoisotopic (exact) mass is 441 g/mol. The molecule has 2 N–H and O–H groups in total. The molecule has 0 aliphatic carbocycles. The van der Waals surface area contributed by atoms with Gasteiger partial charge in [0.15, 0.2) is 0 Å². The Balaban J connectivity index is 1.53. The molecule has 0 saturated carbocycles. The average molecular weight is 441 g/mol. The Morgan fingerprint density at radius 2 is 1.55 bits per heavy atom. The van der Waals surface area contributed by atoms with Crippen molar-refractivity contribution in [3.63, 3.8) is 0 Å². The molecule has 2 amide bonds.